The summed E-state index contributed by atoms with van der Waals surface area (Å²) in [5.74, 6) is 1.38. The van der Waals surface area contributed by atoms with Crippen LogP contribution in [0.15, 0.2) is 18.2 Å². The number of methoxy groups -OCH3 is 1. The predicted molar refractivity (Wildman–Crippen MR) is 84.2 cm³/mol. The van der Waals surface area contributed by atoms with Crippen molar-refractivity contribution >= 4 is 0 Å². The van der Waals surface area contributed by atoms with Gasteiger partial charge < -0.3 is 15.2 Å². The Hall–Kier alpha value is -1.06. The van der Waals surface area contributed by atoms with E-state index in [0.29, 0.717) is 12.5 Å². The maximum atomic E-state index is 10.4. The zero-order valence-electron chi connectivity index (χ0n) is 13.7. The second-order valence-electron chi connectivity index (χ2n) is 6.44. The summed E-state index contributed by atoms with van der Waals surface area (Å²) in [6.45, 7) is 10.9. The van der Waals surface area contributed by atoms with Crippen LogP contribution in [0.5, 0.6) is 5.75 Å². The van der Waals surface area contributed by atoms with Crippen molar-refractivity contribution in [3.63, 3.8) is 0 Å². The number of hydrogen-bond donors (Lipinski definition) is 2. The van der Waals surface area contributed by atoms with Gasteiger partial charge in [-0.15, -0.1) is 0 Å². The number of nitrogens with one attached hydrogen (secondary N) is 1. The van der Waals surface area contributed by atoms with Crippen molar-refractivity contribution in [2.24, 2.45) is 5.92 Å². The highest BCUT2D eigenvalue weighted by Crippen LogP contribution is 2.26. The molecule has 0 saturated carbocycles. The van der Waals surface area contributed by atoms with Crippen LogP contribution in [0.3, 0.4) is 0 Å². The molecule has 0 saturated heterocycles. The maximum absolute atomic E-state index is 10.4. The van der Waals surface area contributed by atoms with E-state index in [9.17, 15) is 5.11 Å². The van der Waals surface area contributed by atoms with Crippen LogP contribution in [0.4, 0.5) is 0 Å². The van der Waals surface area contributed by atoms with Crippen LogP contribution < -0.4 is 10.1 Å². The number of aryl methyl sites for hydroxylation is 1. The molecule has 0 fully saturated rings. The van der Waals surface area contributed by atoms with Crippen LogP contribution in [0.1, 0.15) is 51.3 Å². The van der Waals surface area contributed by atoms with Crippen LogP contribution in [0, 0.1) is 12.8 Å². The Kier molecular flexibility index (Phi) is 6.03. The first-order valence-corrected chi connectivity index (χ1v) is 7.35. The van der Waals surface area contributed by atoms with E-state index in [-0.39, 0.29) is 6.04 Å². The molecule has 0 aliphatic rings. The molecule has 1 aromatic carbocycles. The molecule has 20 heavy (non-hydrogen) atoms. The molecule has 3 heteroatoms. The van der Waals surface area contributed by atoms with Gasteiger partial charge in [0.1, 0.15) is 5.75 Å². The average molecular weight is 279 g/mol. The quantitative estimate of drug-likeness (QED) is 0.803. The predicted octanol–water partition coefficient (Wildman–Crippen LogP) is 3.45. The minimum absolute atomic E-state index is 0.143. The molecular formula is C17H29NO2. The summed E-state index contributed by atoms with van der Waals surface area (Å²) in [6, 6.07) is 6.36. The fourth-order valence-corrected chi connectivity index (χ4v) is 2.61. The van der Waals surface area contributed by atoms with Crippen molar-refractivity contribution in [3.8, 4) is 5.75 Å². The van der Waals surface area contributed by atoms with E-state index in [0.717, 1.165) is 17.7 Å². The van der Waals surface area contributed by atoms with E-state index >= 15 is 0 Å². The summed E-state index contributed by atoms with van der Waals surface area (Å²) in [5.41, 5.74) is 1.63. The SMILES string of the molecule is COc1cc(C)ccc1C(C)NCC(C)(O)CC(C)C. The van der Waals surface area contributed by atoms with Crippen LogP contribution in [-0.4, -0.2) is 24.4 Å². The second-order valence-corrected chi connectivity index (χ2v) is 6.44. The molecule has 0 aromatic heterocycles. The standard InChI is InChI=1S/C17H29NO2/c1-12(2)10-17(5,19)11-18-14(4)15-8-7-13(3)9-16(15)20-6/h7-9,12,14,18-19H,10-11H2,1-6H3. The van der Waals surface area contributed by atoms with Crippen molar-refractivity contribution in [2.75, 3.05) is 13.7 Å². The maximum Gasteiger partial charge on any atom is 0.123 e. The summed E-state index contributed by atoms with van der Waals surface area (Å²) in [4.78, 5) is 0. The van der Waals surface area contributed by atoms with Gasteiger partial charge in [0.25, 0.3) is 0 Å². The fraction of sp³-hybridized carbons (Fsp3) is 0.647. The summed E-state index contributed by atoms with van der Waals surface area (Å²) in [5, 5.41) is 13.8. The van der Waals surface area contributed by atoms with Crippen molar-refractivity contribution < 1.29 is 9.84 Å². The number of hydrogen-bond acceptors (Lipinski definition) is 3. The van der Waals surface area contributed by atoms with E-state index in [2.05, 4.69) is 45.1 Å². The Bertz CT molecular complexity index is 427. The minimum atomic E-state index is -0.680. The summed E-state index contributed by atoms with van der Waals surface area (Å²) >= 11 is 0. The highest BCUT2D eigenvalue weighted by atomic mass is 16.5. The van der Waals surface area contributed by atoms with Gasteiger partial charge in [0.15, 0.2) is 0 Å². The van der Waals surface area contributed by atoms with Gasteiger partial charge in [0.2, 0.25) is 0 Å². The Morgan fingerprint density at radius 3 is 2.50 bits per heavy atom. The van der Waals surface area contributed by atoms with E-state index in [1.165, 1.54) is 5.56 Å². The van der Waals surface area contributed by atoms with Crippen molar-refractivity contribution in [1.82, 2.24) is 5.32 Å². The van der Waals surface area contributed by atoms with E-state index in [4.69, 9.17) is 4.74 Å². The van der Waals surface area contributed by atoms with Gasteiger partial charge in [-0.3, -0.25) is 0 Å². The highest BCUT2D eigenvalue weighted by molar-refractivity contribution is 5.39. The average Bonchev–Trinajstić information content (AvgIpc) is 2.34. The van der Waals surface area contributed by atoms with Gasteiger partial charge in [0.05, 0.1) is 12.7 Å². The Morgan fingerprint density at radius 1 is 1.30 bits per heavy atom. The second kappa shape index (κ2) is 7.09. The minimum Gasteiger partial charge on any atom is -0.496 e. The zero-order chi connectivity index (χ0) is 15.3. The molecule has 2 atom stereocenters. The Balaban J connectivity index is 2.69. The highest BCUT2D eigenvalue weighted by Gasteiger charge is 2.23. The third kappa shape index (κ3) is 5.14. The Morgan fingerprint density at radius 2 is 1.95 bits per heavy atom. The van der Waals surface area contributed by atoms with Crippen molar-refractivity contribution in [2.45, 2.75) is 52.7 Å². The van der Waals surface area contributed by atoms with E-state index in [1.54, 1.807) is 7.11 Å². The van der Waals surface area contributed by atoms with Crippen LogP contribution >= 0.6 is 0 Å². The smallest absolute Gasteiger partial charge is 0.123 e. The molecule has 0 aliphatic carbocycles. The van der Waals surface area contributed by atoms with Gasteiger partial charge in [-0.2, -0.15) is 0 Å². The Labute approximate surface area is 123 Å². The molecule has 3 nitrogen and oxygen atoms in total. The molecule has 0 heterocycles. The van der Waals surface area contributed by atoms with Gasteiger partial charge >= 0.3 is 0 Å². The van der Waals surface area contributed by atoms with Crippen molar-refractivity contribution in [3.05, 3.63) is 29.3 Å². The van der Waals surface area contributed by atoms with E-state index < -0.39 is 5.60 Å². The third-order valence-corrected chi connectivity index (χ3v) is 3.49. The summed E-state index contributed by atoms with van der Waals surface area (Å²) in [7, 11) is 1.69. The lowest BCUT2D eigenvalue weighted by molar-refractivity contribution is 0.0363. The first-order chi connectivity index (χ1) is 9.25. The largest absolute Gasteiger partial charge is 0.496 e. The van der Waals surface area contributed by atoms with Crippen LogP contribution in [0.2, 0.25) is 0 Å². The molecule has 1 rings (SSSR count). The lowest BCUT2D eigenvalue weighted by Crippen LogP contribution is -2.39. The summed E-state index contributed by atoms with van der Waals surface area (Å²) in [6.07, 6.45) is 0.789. The van der Waals surface area contributed by atoms with Crippen LogP contribution in [0.25, 0.3) is 0 Å². The monoisotopic (exact) mass is 279 g/mol. The first kappa shape index (κ1) is 17.0. The molecule has 1 aromatic rings. The molecule has 0 amide bonds. The molecule has 0 radical (unpaired) electrons. The van der Waals surface area contributed by atoms with E-state index in [1.807, 2.05) is 13.0 Å². The topological polar surface area (TPSA) is 41.5 Å². The molecule has 2 N–H and O–H groups in total. The number of aliphatic hydroxyl groups is 1. The summed E-state index contributed by atoms with van der Waals surface area (Å²) < 4.78 is 5.44. The van der Waals surface area contributed by atoms with Gasteiger partial charge in [-0.1, -0.05) is 26.0 Å². The van der Waals surface area contributed by atoms with Gasteiger partial charge in [-0.25, -0.2) is 0 Å². The van der Waals surface area contributed by atoms with Gasteiger partial charge in [0, 0.05) is 18.2 Å². The third-order valence-electron chi connectivity index (χ3n) is 3.49. The molecule has 2 unspecified atom stereocenters. The molecule has 0 aliphatic heterocycles. The first-order valence-electron chi connectivity index (χ1n) is 7.35. The number of benzene rings is 1. The molecular weight excluding hydrogens is 250 g/mol. The normalized spacial score (nSPS) is 16.0. The van der Waals surface area contributed by atoms with Crippen LogP contribution in [-0.2, 0) is 0 Å². The number of ether oxygens (including phenoxy) is 1. The lowest BCUT2D eigenvalue weighted by Gasteiger charge is -2.28. The molecule has 114 valence electrons. The lowest BCUT2D eigenvalue weighted by atomic mass is 9.93. The van der Waals surface area contributed by atoms with Crippen molar-refractivity contribution in [1.29, 1.82) is 0 Å². The zero-order valence-corrected chi connectivity index (χ0v) is 13.7. The fourth-order valence-electron chi connectivity index (χ4n) is 2.61. The molecule has 0 spiro atoms. The molecule has 0 bridgehead atoms. The number of rotatable bonds is 7. The van der Waals surface area contributed by atoms with Gasteiger partial charge in [-0.05, 0) is 44.7 Å².